The zero-order chi connectivity index (χ0) is 51.4. The van der Waals surface area contributed by atoms with Gasteiger partial charge in [-0.15, -0.1) is 0 Å². The summed E-state index contributed by atoms with van der Waals surface area (Å²) in [5.41, 5.74) is 15.6. The van der Waals surface area contributed by atoms with Crippen LogP contribution in [0.1, 0.15) is 47.0 Å². The van der Waals surface area contributed by atoms with E-state index in [0.717, 1.165) is 65.0 Å². The standard InChI is InChI=1S/C70H50N8/c1-6-19-45(20-7-1)63-71-64(46-21-8-2-9-22-46)73-67(72-63)50-38-40-70(44-52(70)41-50)78-60-30-15-5-13-27-56(60)62-54(28-18-31-61(62)78)49-34-37-59-57(42-49)55-26-12-4-14-29-58(55)77(59)53-35-32-48(33-36-53)66-74-65(47-23-10-3-11-24-47)75-68(76-66)69-39-17-16-25-51(69)43-69/h1-28,31-42,51-52H,29-30,43-44H2. The molecule has 6 aliphatic rings. The highest BCUT2D eigenvalue weighted by atomic mass is 15.1. The monoisotopic (exact) mass is 1000 g/mol. The number of allylic oxidation sites excluding steroid dienone is 14. The van der Waals surface area contributed by atoms with Crippen molar-refractivity contribution < 1.29 is 0 Å². The number of benzene rings is 6. The highest BCUT2D eigenvalue weighted by molar-refractivity contribution is 6.05. The molecule has 8 nitrogen and oxygen atoms in total. The number of fused-ring (bicyclic) bond motifs is 8. The highest BCUT2D eigenvalue weighted by Crippen LogP contribution is 2.59. The van der Waals surface area contributed by atoms with E-state index in [0.29, 0.717) is 35.0 Å². The third-order valence-corrected chi connectivity index (χ3v) is 16.9. The number of nitrogens with zero attached hydrogens (tertiary/aromatic N) is 8. The molecule has 0 aliphatic heterocycles. The van der Waals surface area contributed by atoms with Gasteiger partial charge in [0.25, 0.3) is 0 Å². The molecule has 6 aromatic carbocycles. The van der Waals surface area contributed by atoms with Crippen molar-refractivity contribution in [3.63, 3.8) is 0 Å². The van der Waals surface area contributed by atoms with Crippen LogP contribution in [-0.2, 0) is 23.8 Å². The summed E-state index contributed by atoms with van der Waals surface area (Å²) in [7, 11) is 0. The van der Waals surface area contributed by atoms with Crippen LogP contribution in [0.3, 0.4) is 0 Å². The van der Waals surface area contributed by atoms with Crippen LogP contribution in [0.15, 0.2) is 231 Å². The van der Waals surface area contributed by atoms with Gasteiger partial charge in [0.1, 0.15) is 5.82 Å². The van der Waals surface area contributed by atoms with Crippen LogP contribution < -0.4 is 0 Å². The Kier molecular flexibility index (Phi) is 9.98. The van der Waals surface area contributed by atoms with Gasteiger partial charge >= 0.3 is 0 Å². The Labute approximate surface area is 452 Å². The SMILES string of the molecule is C1=CCc2c(c3cc(-c4cccc5c4c4c(n5C56C=CC(c7nc(-c8ccccc8)nc(-c8ccccc8)n7)=CC5C6)CC=CC=C4)ccc3n2-c2ccc(-c3nc(-c4ccccc4)nc(C45C=CC=CC4C5)n3)cc2)C=C1. The molecule has 370 valence electrons. The number of aromatic nitrogens is 8. The molecule has 0 N–H and O–H groups in total. The minimum atomic E-state index is -0.205. The highest BCUT2D eigenvalue weighted by Gasteiger charge is 2.56. The first-order valence-corrected chi connectivity index (χ1v) is 27.2. The van der Waals surface area contributed by atoms with Gasteiger partial charge in [-0.05, 0) is 72.4 Å². The largest absolute Gasteiger partial charge is 0.333 e. The molecule has 0 saturated heterocycles. The van der Waals surface area contributed by atoms with E-state index in [1.165, 1.54) is 55.4 Å². The van der Waals surface area contributed by atoms with Gasteiger partial charge in [0.05, 0.1) is 22.0 Å². The summed E-state index contributed by atoms with van der Waals surface area (Å²) < 4.78 is 5.11. The maximum atomic E-state index is 5.20. The summed E-state index contributed by atoms with van der Waals surface area (Å²) in [4.78, 5) is 30.6. The molecule has 0 bridgehead atoms. The zero-order valence-electron chi connectivity index (χ0n) is 42.7. The molecule has 78 heavy (non-hydrogen) atoms. The summed E-state index contributed by atoms with van der Waals surface area (Å²) >= 11 is 0. The van der Waals surface area contributed by atoms with Crippen molar-refractivity contribution >= 4 is 39.5 Å². The zero-order valence-corrected chi connectivity index (χ0v) is 42.7. The lowest BCUT2D eigenvalue weighted by Gasteiger charge is -2.23. The average molecular weight is 1000 g/mol. The first-order chi connectivity index (χ1) is 38.6. The molecular weight excluding hydrogens is 953 g/mol. The third kappa shape index (κ3) is 7.13. The van der Waals surface area contributed by atoms with Crippen LogP contribution in [0.4, 0.5) is 0 Å². The normalized spacial score (nSPS) is 20.9. The molecule has 2 saturated carbocycles. The lowest BCUT2D eigenvalue weighted by molar-refractivity contribution is 0.565. The maximum absolute atomic E-state index is 5.20. The van der Waals surface area contributed by atoms with Crippen molar-refractivity contribution in [1.29, 1.82) is 0 Å². The number of rotatable bonds is 9. The second-order valence-electron chi connectivity index (χ2n) is 21.4. The number of hydrogen-bond donors (Lipinski definition) is 0. The average Bonchev–Trinajstić information content (AvgIpc) is 3.63. The molecule has 4 atom stereocenters. The van der Waals surface area contributed by atoms with Crippen molar-refractivity contribution in [2.75, 3.05) is 0 Å². The second-order valence-corrected chi connectivity index (χ2v) is 21.4. The lowest BCUT2D eigenvalue weighted by atomic mass is 9.96. The van der Waals surface area contributed by atoms with Gasteiger partial charge < -0.3 is 9.13 Å². The molecule has 10 aromatic rings. The topological polar surface area (TPSA) is 87.2 Å². The van der Waals surface area contributed by atoms with E-state index in [9.17, 15) is 0 Å². The summed E-state index contributed by atoms with van der Waals surface area (Å²) in [6, 6.07) is 53.5. The summed E-state index contributed by atoms with van der Waals surface area (Å²) in [6.07, 6.45) is 37.5. The van der Waals surface area contributed by atoms with Crippen molar-refractivity contribution in [3.8, 4) is 62.4 Å². The van der Waals surface area contributed by atoms with Crippen LogP contribution in [0, 0.1) is 11.8 Å². The summed E-state index contributed by atoms with van der Waals surface area (Å²) in [6.45, 7) is 0. The van der Waals surface area contributed by atoms with Crippen molar-refractivity contribution in [3.05, 3.63) is 265 Å². The third-order valence-electron chi connectivity index (χ3n) is 16.9. The van der Waals surface area contributed by atoms with Gasteiger partial charge in [0.15, 0.2) is 29.1 Å². The Hall–Kier alpha value is -9.66. The van der Waals surface area contributed by atoms with Crippen LogP contribution in [-0.4, -0.2) is 39.0 Å². The smallest absolute Gasteiger partial charge is 0.164 e. The van der Waals surface area contributed by atoms with E-state index in [1.54, 1.807) is 0 Å². The van der Waals surface area contributed by atoms with Gasteiger partial charge in [-0.2, -0.15) is 0 Å². The lowest BCUT2D eigenvalue weighted by Crippen LogP contribution is -2.21. The molecule has 4 unspecified atom stereocenters. The van der Waals surface area contributed by atoms with E-state index in [-0.39, 0.29) is 16.9 Å². The molecule has 0 spiro atoms. The van der Waals surface area contributed by atoms with E-state index in [4.69, 9.17) is 29.9 Å². The predicted octanol–water partition coefficient (Wildman–Crippen LogP) is 15.3. The van der Waals surface area contributed by atoms with E-state index in [1.807, 2.05) is 54.6 Å². The van der Waals surface area contributed by atoms with Gasteiger partial charge in [-0.25, -0.2) is 29.9 Å². The fourth-order valence-corrected chi connectivity index (χ4v) is 12.8. The fraction of sp³-hybridized carbons (Fsp3) is 0.114. The molecule has 6 aliphatic carbocycles. The van der Waals surface area contributed by atoms with Crippen molar-refractivity contribution in [2.24, 2.45) is 11.8 Å². The van der Waals surface area contributed by atoms with Crippen molar-refractivity contribution in [1.82, 2.24) is 39.0 Å². The quantitative estimate of drug-likeness (QED) is 0.143. The minimum Gasteiger partial charge on any atom is -0.333 e. The Balaban J connectivity index is 0.773. The van der Waals surface area contributed by atoms with Crippen LogP contribution in [0.2, 0.25) is 0 Å². The number of hydrogen-bond acceptors (Lipinski definition) is 6. The molecular formula is C70H50N8. The second kappa shape index (κ2) is 17.4. The van der Waals surface area contributed by atoms with Crippen molar-refractivity contribution in [2.45, 2.75) is 36.6 Å². The van der Waals surface area contributed by atoms with Gasteiger partial charge in [-0.3, -0.25) is 0 Å². The van der Waals surface area contributed by atoms with Gasteiger partial charge in [0, 0.05) is 85.6 Å². The first kappa shape index (κ1) is 44.6. The first-order valence-electron chi connectivity index (χ1n) is 27.2. The van der Waals surface area contributed by atoms with E-state index < -0.39 is 0 Å². The Morgan fingerprint density at radius 3 is 1.73 bits per heavy atom. The Morgan fingerprint density at radius 1 is 0.449 bits per heavy atom. The fourth-order valence-electron chi connectivity index (χ4n) is 12.8. The van der Waals surface area contributed by atoms with Crippen LogP contribution in [0.25, 0.3) is 102 Å². The molecule has 8 heteroatoms. The molecule has 0 amide bonds. The molecule has 4 aromatic heterocycles. The molecule has 4 heterocycles. The molecule has 2 fully saturated rings. The molecule has 16 rings (SSSR count). The van der Waals surface area contributed by atoms with Crippen LogP contribution in [0.5, 0.6) is 0 Å². The minimum absolute atomic E-state index is 0.172. The predicted molar refractivity (Wildman–Crippen MR) is 314 cm³/mol. The van der Waals surface area contributed by atoms with E-state index in [2.05, 4.69) is 197 Å². The maximum Gasteiger partial charge on any atom is 0.164 e. The van der Waals surface area contributed by atoms with Crippen LogP contribution >= 0.6 is 0 Å². The van der Waals surface area contributed by atoms with E-state index >= 15 is 0 Å². The summed E-state index contributed by atoms with van der Waals surface area (Å²) in [5.74, 6) is 4.97. The van der Waals surface area contributed by atoms with Gasteiger partial charge in [0.2, 0.25) is 0 Å². The Bertz CT molecular complexity index is 4320. The van der Waals surface area contributed by atoms with Gasteiger partial charge in [-0.1, -0.05) is 200 Å². The Morgan fingerprint density at radius 2 is 1.06 bits per heavy atom. The molecule has 0 radical (unpaired) electrons. The summed E-state index contributed by atoms with van der Waals surface area (Å²) in [5, 5.41) is 2.52.